The Labute approximate surface area is 103 Å². The van der Waals surface area contributed by atoms with Crippen molar-refractivity contribution < 1.29 is 8.42 Å². The van der Waals surface area contributed by atoms with Gasteiger partial charge >= 0.3 is 0 Å². The van der Waals surface area contributed by atoms with E-state index in [1.54, 1.807) is 4.90 Å². The monoisotopic (exact) mass is 264 g/mol. The van der Waals surface area contributed by atoms with E-state index < -0.39 is 9.84 Å². The molecule has 1 N–H and O–H groups in total. The molecular weight excluding hydrogens is 244 g/mol. The lowest BCUT2D eigenvalue weighted by molar-refractivity contribution is 0.495. The fourth-order valence-electron chi connectivity index (χ4n) is 1.76. The number of hydrogen-bond donors (Lipinski definition) is 1. The number of sulfone groups is 1. The Morgan fingerprint density at radius 2 is 2.00 bits per heavy atom. The standard InChI is InChI=1S/C10H20N2O2S2/c1-12(7-8-16(2,13)14)10(15)11-9-5-3-4-6-9/h9H,3-8H2,1-2H3,(H,11,15). The third-order valence-corrected chi connectivity index (χ3v) is 4.18. The summed E-state index contributed by atoms with van der Waals surface area (Å²) in [6, 6.07) is 0.480. The maximum absolute atomic E-state index is 11.0. The van der Waals surface area contributed by atoms with Crippen LogP contribution in [0.3, 0.4) is 0 Å². The lowest BCUT2D eigenvalue weighted by Crippen LogP contribution is -2.43. The summed E-state index contributed by atoms with van der Waals surface area (Å²) in [7, 11) is -1.08. The summed E-state index contributed by atoms with van der Waals surface area (Å²) in [5.41, 5.74) is 0. The SMILES string of the molecule is CN(CCS(C)(=O)=O)C(=S)NC1CCCC1. The van der Waals surface area contributed by atoms with Crippen molar-refractivity contribution in [1.82, 2.24) is 10.2 Å². The third-order valence-electron chi connectivity index (χ3n) is 2.83. The molecule has 0 unspecified atom stereocenters. The van der Waals surface area contributed by atoms with Crippen molar-refractivity contribution in [2.24, 2.45) is 0 Å². The van der Waals surface area contributed by atoms with Crippen LogP contribution in [0.1, 0.15) is 25.7 Å². The molecule has 0 spiro atoms. The van der Waals surface area contributed by atoms with E-state index in [0.717, 1.165) is 0 Å². The molecule has 0 aliphatic heterocycles. The van der Waals surface area contributed by atoms with Crippen molar-refractivity contribution in [1.29, 1.82) is 0 Å². The van der Waals surface area contributed by atoms with E-state index in [2.05, 4.69) is 5.32 Å². The van der Waals surface area contributed by atoms with Crippen LogP contribution < -0.4 is 5.32 Å². The zero-order valence-corrected chi connectivity index (χ0v) is 11.5. The molecule has 0 saturated heterocycles. The maximum atomic E-state index is 11.0. The summed E-state index contributed by atoms with van der Waals surface area (Å²) >= 11 is 5.22. The molecule has 1 fully saturated rings. The molecule has 16 heavy (non-hydrogen) atoms. The van der Waals surface area contributed by atoms with Crippen molar-refractivity contribution in [3.63, 3.8) is 0 Å². The first kappa shape index (κ1) is 13.7. The van der Waals surface area contributed by atoms with E-state index >= 15 is 0 Å². The van der Waals surface area contributed by atoms with Gasteiger partial charge in [-0.2, -0.15) is 0 Å². The Kier molecular flexibility index (Phi) is 4.98. The van der Waals surface area contributed by atoms with E-state index in [9.17, 15) is 8.42 Å². The average molecular weight is 264 g/mol. The van der Waals surface area contributed by atoms with Crippen molar-refractivity contribution in [3.8, 4) is 0 Å². The predicted molar refractivity (Wildman–Crippen MR) is 70.3 cm³/mol. The normalized spacial score (nSPS) is 17.4. The molecule has 0 aromatic heterocycles. The molecule has 0 heterocycles. The first-order valence-corrected chi connectivity index (χ1v) is 8.05. The number of thiocarbonyl (C=S) groups is 1. The minimum atomic E-state index is -2.91. The molecule has 0 radical (unpaired) electrons. The predicted octanol–water partition coefficient (Wildman–Crippen LogP) is 0.780. The second kappa shape index (κ2) is 5.82. The molecule has 94 valence electrons. The first-order chi connectivity index (χ1) is 7.38. The Hall–Kier alpha value is -0.360. The smallest absolute Gasteiger partial charge is 0.168 e. The minimum Gasteiger partial charge on any atom is -0.360 e. The molecule has 1 aliphatic carbocycles. The van der Waals surface area contributed by atoms with Gasteiger partial charge < -0.3 is 10.2 Å². The number of nitrogens with one attached hydrogen (secondary N) is 1. The van der Waals surface area contributed by atoms with Crippen LogP contribution in [0, 0.1) is 0 Å². The van der Waals surface area contributed by atoms with E-state index in [1.165, 1.54) is 31.9 Å². The summed E-state index contributed by atoms with van der Waals surface area (Å²) < 4.78 is 22.0. The molecule has 1 saturated carbocycles. The van der Waals surface area contributed by atoms with Crippen LogP contribution in [0.5, 0.6) is 0 Å². The zero-order valence-electron chi connectivity index (χ0n) is 9.90. The Balaban J connectivity index is 2.29. The number of rotatable bonds is 4. The van der Waals surface area contributed by atoms with E-state index in [4.69, 9.17) is 12.2 Å². The van der Waals surface area contributed by atoms with Crippen LogP contribution in [0.4, 0.5) is 0 Å². The van der Waals surface area contributed by atoms with Crippen LogP contribution in [-0.2, 0) is 9.84 Å². The fraction of sp³-hybridized carbons (Fsp3) is 0.900. The second-order valence-corrected chi connectivity index (χ2v) is 7.13. The van der Waals surface area contributed by atoms with Crippen LogP contribution in [0.25, 0.3) is 0 Å². The Bertz CT molecular complexity index is 335. The summed E-state index contributed by atoms with van der Waals surface area (Å²) in [5, 5.41) is 3.94. The van der Waals surface area contributed by atoms with Crippen LogP contribution in [0.15, 0.2) is 0 Å². The van der Waals surface area contributed by atoms with Crippen molar-refractivity contribution in [2.45, 2.75) is 31.7 Å². The highest BCUT2D eigenvalue weighted by molar-refractivity contribution is 7.90. The van der Waals surface area contributed by atoms with Gasteiger partial charge in [0.1, 0.15) is 9.84 Å². The molecule has 1 rings (SSSR count). The van der Waals surface area contributed by atoms with E-state index in [-0.39, 0.29) is 5.75 Å². The van der Waals surface area contributed by atoms with Gasteiger partial charge in [-0.1, -0.05) is 12.8 Å². The Morgan fingerprint density at radius 3 is 2.50 bits per heavy atom. The highest BCUT2D eigenvalue weighted by Crippen LogP contribution is 2.17. The summed E-state index contributed by atoms with van der Waals surface area (Å²) in [6.45, 7) is 0.456. The van der Waals surface area contributed by atoms with Gasteiger partial charge in [0.15, 0.2) is 5.11 Å². The van der Waals surface area contributed by atoms with Crippen LogP contribution in [0.2, 0.25) is 0 Å². The van der Waals surface area contributed by atoms with Crippen LogP contribution >= 0.6 is 12.2 Å². The van der Waals surface area contributed by atoms with Crippen molar-refractivity contribution in [3.05, 3.63) is 0 Å². The van der Waals surface area contributed by atoms with Gasteiger partial charge in [0.25, 0.3) is 0 Å². The lowest BCUT2D eigenvalue weighted by atomic mass is 10.2. The van der Waals surface area contributed by atoms with Crippen molar-refractivity contribution >= 4 is 27.2 Å². The van der Waals surface area contributed by atoms with E-state index in [1.807, 2.05) is 7.05 Å². The summed E-state index contributed by atoms with van der Waals surface area (Å²) in [4.78, 5) is 1.80. The molecule has 1 aliphatic rings. The molecule has 0 aromatic rings. The maximum Gasteiger partial charge on any atom is 0.168 e. The first-order valence-electron chi connectivity index (χ1n) is 5.58. The number of nitrogens with zero attached hydrogens (tertiary/aromatic N) is 1. The molecule has 4 nitrogen and oxygen atoms in total. The molecular formula is C10H20N2O2S2. The van der Waals surface area contributed by atoms with Crippen molar-refractivity contribution in [2.75, 3.05) is 25.6 Å². The third kappa shape index (κ3) is 5.12. The van der Waals surface area contributed by atoms with E-state index in [0.29, 0.717) is 17.7 Å². The molecule has 0 amide bonds. The van der Waals surface area contributed by atoms with Gasteiger partial charge in [-0.05, 0) is 25.1 Å². The Morgan fingerprint density at radius 1 is 1.44 bits per heavy atom. The lowest BCUT2D eigenvalue weighted by Gasteiger charge is -2.23. The molecule has 0 bridgehead atoms. The van der Waals surface area contributed by atoms with Gasteiger partial charge in [-0.15, -0.1) is 0 Å². The van der Waals surface area contributed by atoms with Crippen LogP contribution in [-0.4, -0.2) is 50.1 Å². The van der Waals surface area contributed by atoms with Gasteiger partial charge in [0, 0.05) is 25.9 Å². The number of hydrogen-bond acceptors (Lipinski definition) is 3. The van der Waals surface area contributed by atoms with Gasteiger partial charge in [0.2, 0.25) is 0 Å². The minimum absolute atomic E-state index is 0.149. The van der Waals surface area contributed by atoms with Gasteiger partial charge in [-0.25, -0.2) is 8.42 Å². The van der Waals surface area contributed by atoms with Gasteiger partial charge in [0.05, 0.1) is 5.75 Å². The molecule has 6 heteroatoms. The fourth-order valence-corrected chi connectivity index (χ4v) is 2.62. The zero-order chi connectivity index (χ0) is 12.2. The topological polar surface area (TPSA) is 49.4 Å². The largest absolute Gasteiger partial charge is 0.360 e. The summed E-state index contributed by atoms with van der Waals surface area (Å²) in [5.74, 6) is 0.149. The average Bonchev–Trinajstić information content (AvgIpc) is 2.65. The molecule has 0 atom stereocenters. The molecule has 0 aromatic carbocycles. The van der Waals surface area contributed by atoms with Gasteiger partial charge in [-0.3, -0.25) is 0 Å². The second-order valence-electron chi connectivity index (χ2n) is 4.48. The highest BCUT2D eigenvalue weighted by atomic mass is 32.2. The summed E-state index contributed by atoms with van der Waals surface area (Å²) in [6.07, 6.45) is 6.09. The highest BCUT2D eigenvalue weighted by Gasteiger charge is 2.17. The quantitative estimate of drug-likeness (QED) is 0.761.